The van der Waals surface area contributed by atoms with Crippen molar-refractivity contribution >= 4 is 5.69 Å². The lowest BCUT2D eigenvalue weighted by molar-refractivity contribution is 0.628. The Hall–Kier alpha value is -1.84. The van der Waals surface area contributed by atoms with Gasteiger partial charge in [0, 0.05) is 29.6 Å². The number of aryl methyl sites for hydroxylation is 2. The third-order valence-electron chi connectivity index (χ3n) is 2.58. The SMILES string of the molecule is CCn1cc(-c2cc(F)ccc2N)c(C)n1. The molecule has 0 aliphatic heterocycles. The molecule has 0 saturated carbocycles. The third-order valence-corrected chi connectivity index (χ3v) is 2.58. The largest absolute Gasteiger partial charge is 0.398 e. The second-order valence-electron chi connectivity index (χ2n) is 3.72. The van der Waals surface area contributed by atoms with Crippen LogP contribution in [0.2, 0.25) is 0 Å². The zero-order valence-electron chi connectivity index (χ0n) is 9.37. The number of rotatable bonds is 2. The van der Waals surface area contributed by atoms with Gasteiger partial charge in [-0.25, -0.2) is 4.39 Å². The van der Waals surface area contributed by atoms with E-state index >= 15 is 0 Å². The summed E-state index contributed by atoms with van der Waals surface area (Å²) in [6.07, 6.45) is 1.89. The van der Waals surface area contributed by atoms with Crippen LogP contribution in [0, 0.1) is 12.7 Å². The number of nitrogens with two attached hydrogens (primary N) is 1. The van der Waals surface area contributed by atoms with Crippen LogP contribution in [0.5, 0.6) is 0 Å². The van der Waals surface area contributed by atoms with Crippen molar-refractivity contribution in [2.45, 2.75) is 20.4 Å². The molecule has 16 heavy (non-hydrogen) atoms. The highest BCUT2D eigenvalue weighted by molar-refractivity contribution is 5.77. The molecule has 3 nitrogen and oxygen atoms in total. The van der Waals surface area contributed by atoms with Crippen LogP contribution in [-0.4, -0.2) is 9.78 Å². The van der Waals surface area contributed by atoms with Crippen LogP contribution in [0.3, 0.4) is 0 Å². The molecule has 0 atom stereocenters. The molecule has 2 rings (SSSR count). The molecule has 1 aromatic carbocycles. The van der Waals surface area contributed by atoms with Crippen LogP contribution in [-0.2, 0) is 6.54 Å². The minimum atomic E-state index is -0.284. The molecule has 0 radical (unpaired) electrons. The van der Waals surface area contributed by atoms with Crippen molar-refractivity contribution in [1.29, 1.82) is 0 Å². The second kappa shape index (κ2) is 3.96. The van der Waals surface area contributed by atoms with E-state index in [1.807, 2.05) is 24.7 Å². The van der Waals surface area contributed by atoms with E-state index in [1.54, 1.807) is 6.07 Å². The van der Waals surface area contributed by atoms with Gasteiger partial charge in [0.15, 0.2) is 0 Å². The Kier molecular flexibility index (Phi) is 2.64. The maximum atomic E-state index is 13.2. The number of halogens is 1. The third kappa shape index (κ3) is 1.78. The van der Waals surface area contributed by atoms with Crippen molar-refractivity contribution < 1.29 is 4.39 Å². The van der Waals surface area contributed by atoms with E-state index in [9.17, 15) is 4.39 Å². The van der Waals surface area contributed by atoms with E-state index in [1.165, 1.54) is 12.1 Å². The van der Waals surface area contributed by atoms with E-state index < -0.39 is 0 Å². The Bertz CT molecular complexity index is 517. The molecule has 0 amide bonds. The molecule has 0 aliphatic carbocycles. The van der Waals surface area contributed by atoms with Gasteiger partial charge in [0.25, 0.3) is 0 Å². The Morgan fingerprint density at radius 1 is 1.38 bits per heavy atom. The first-order valence-corrected chi connectivity index (χ1v) is 5.21. The standard InChI is InChI=1S/C12H14FN3/c1-3-16-7-11(8(2)15-16)10-6-9(13)4-5-12(10)14/h4-7H,3,14H2,1-2H3. The summed E-state index contributed by atoms with van der Waals surface area (Å²) in [5.41, 5.74) is 8.86. The lowest BCUT2D eigenvalue weighted by atomic mass is 10.1. The maximum absolute atomic E-state index is 13.2. The van der Waals surface area contributed by atoms with Gasteiger partial charge in [-0.2, -0.15) is 5.10 Å². The first-order valence-electron chi connectivity index (χ1n) is 5.21. The summed E-state index contributed by atoms with van der Waals surface area (Å²) in [6, 6.07) is 4.38. The quantitative estimate of drug-likeness (QED) is 0.789. The van der Waals surface area contributed by atoms with Gasteiger partial charge < -0.3 is 5.73 Å². The first kappa shape index (κ1) is 10.7. The summed E-state index contributed by atoms with van der Waals surface area (Å²) in [4.78, 5) is 0. The number of nitrogen functional groups attached to an aromatic ring is 1. The molecule has 0 unspecified atom stereocenters. The van der Waals surface area contributed by atoms with E-state index in [4.69, 9.17) is 5.73 Å². The lowest BCUT2D eigenvalue weighted by Gasteiger charge is -2.03. The van der Waals surface area contributed by atoms with Crippen molar-refractivity contribution in [2.75, 3.05) is 5.73 Å². The normalized spacial score (nSPS) is 10.7. The molecule has 4 heteroatoms. The van der Waals surface area contributed by atoms with E-state index in [-0.39, 0.29) is 5.82 Å². The van der Waals surface area contributed by atoms with Crippen LogP contribution in [0.1, 0.15) is 12.6 Å². The second-order valence-corrected chi connectivity index (χ2v) is 3.72. The monoisotopic (exact) mass is 219 g/mol. The smallest absolute Gasteiger partial charge is 0.123 e. The fourth-order valence-electron chi connectivity index (χ4n) is 1.71. The highest BCUT2D eigenvalue weighted by Crippen LogP contribution is 2.28. The van der Waals surface area contributed by atoms with Gasteiger partial charge in [-0.1, -0.05) is 0 Å². The van der Waals surface area contributed by atoms with Crippen LogP contribution >= 0.6 is 0 Å². The van der Waals surface area contributed by atoms with Crippen molar-refractivity contribution in [1.82, 2.24) is 9.78 Å². The van der Waals surface area contributed by atoms with Gasteiger partial charge in [0.2, 0.25) is 0 Å². The number of hydrogen-bond acceptors (Lipinski definition) is 2. The Balaban J connectivity index is 2.57. The Labute approximate surface area is 93.7 Å². The summed E-state index contributed by atoms with van der Waals surface area (Å²) in [6.45, 7) is 4.69. The molecule has 0 saturated heterocycles. The van der Waals surface area contributed by atoms with E-state index in [0.717, 1.165) is 17.8 Å². The molecule has 0 aliphatic rings. The van der Waals surface area contributed by atoms with Crippen LogP contribution in [0.15, 0.2) is 24.4 Å². The molecule has 0 spiro atoms. The van der Waals surface area contributed by atoms with Crippen molar-refractivity contribution in [3.8, 4) is 11.1 Å². The van der Waals surface area contributed by atoms with E-state index in [2.05, 4.69) is 5.10 Å². The van der Waals surface area contributed by atoms with Crippen molar-refractivity contribution in [2.24, 2.45) is 0 Å². The molecule has 0 bridgehead atoms. The minimum Gasteiger partial charge on any atom is -0.398 e. The average Bonchev–Trinajstić information content (AvgIpc) is 2.63. The fourth-order valence-corrected chi connectivity index (χ4v) is 1.71. The summed E-state index contributed by atoms with van der Waals surface area (Å²) < 4.78 is 15.0. The topological polar surface area (TPSA) is 43.8 Å². The average molecular weight is 219 g/mol. The maximum Gasteiger partial charge on any atom is 0.123 e. The zero-order valence-corrected chi connectivity index (χ0v) is 9.37. The van der Waals surface area contributed by atoms with E-state index in [0.29, 0.717) is 11.3 Å². The number of hydrogen-bond donors (Lipinski definition) is 1. The van der Waals surface area contributed by atoms with Gasteiger partial charge in [-0.05, 0) is 32.0 Å². The molecule has 2 N–H and O–H groups in total. The van der Waals surface area contributed by atoms with Gasteiger partial charge >= 0.3 is 0 Å². The Morgan fingerprint density at radius 2 is 2.12 bits per heavy atom. The van der Waals surface area contributed by atoms with Gasteiger partial charge in [-0.3, -0.25) is 4.68 Å². The predicted molar refractivity (Wildman–Crippen MR) is 62.4 cm³/mol. The molecular weight excluding hydrogens is 205 g/mol. The van der Waals surface area contributed by atoms with Gasteiger partial charge in [-0.15, -0.1) is 0 Å². The molecule has 0 fully saturated rings. The number of benzene rings is 1. The molecule has 84 valence electrons. The van der Waals surface area contributed by atoms with Gasteiger partial charge in [0.1, 0.15) is 5.82 Å². The highest BCUT2D eigenvalue weighted by Gasteiger charge is 2.10. The first-order chi connectivity index (χ1) is 7.61. The lowest BCUT2D eigenvalue weighted by Crippen LogP contribution is -1.93. The summed E-state index contributed by atoms with van der Waals surface area (Å²) in [5.74, 6) is -0.284. The fraction of sp³-hybridized carbons (Fsp3) is 0.250. The van der Waals surface area contributed by atoms with Crippen molar-refractivity contribution in [3.05, 3.63) is 35.9 Å². The molecule has 2 aromatic rings. The predicted octanol–water partition coefficient (Wildman–Crippen LogP) is 2.60. The zero-order chi connectivity index (χ0) is 11.7. The number of nitrogens with zero attached hydrogens (tertiary/aromatic N) is 2. The van der Waals surface area contributed by atoms with Crippen molar-refractivity contribution in [3.63, 3.8) is 0 Å². The van der Waals surface area contributed by atoms with Gasteiger partial charge in [0.05, 0.1) is 5.69 Å². The molecule has 1 heterocycles. The minimum absolute atomic E-state index is 0.284. The molecular formula is C12H14FN3. The summed E-state index contributed by atoms with van der Waals surface area (Å²) in [7, 11) is 0. The summed E-state index contributed by atoms with van der Waals surface area (Å²) >= 11 is 0. The highest BCUT2D eigenvalue weighted by atomic mass is 19.1. The van der Waals surface area contributed by atoms with Crippen LogP contribution in [0.4, 0.5) is 10.1 Å². The van der Waals surface area contributed by atoms with Crippen LogP contribution < -0.4 is 5.73 Å². The van der Waals surface area contributed by atoms with Crippen LogP contribution in [0.25, 0.3) is 11.1 Å². The molecule has 1 aromatic heterocycles. The Morgan fingerprint density at radius 3 is 2.75 bits per heavy atom. The summed E-state index contributed by atoms with van der Waals surface area (Å²) in [5, 5.41) is 4.31. The number of anilines is 1. The number of aromatic nitrogens is 2.